The van der Waals surface area contributed by atoms with E-state index in [-0.39, 0.29) is 23.9 Å². The third kappa shape index (κ3) is 5.17. The van der Waals surface area contributed by atoms with Crippen LogP contribution in [-0.2, 0) is 28.7 Å². The van der Waals surface area contributed by atoms with Crippen LogP contribution in [0.1, 0.15) is 99.2 Å². The number of ether oxygens (including phenoxy) is 3. The lowest BCUT2D eigenvalue weighted by molar-refractivity contribution is -0.156. The van der Waals surface area contributed by atoms with E-state index in [0.717, 1.165) is 25.7 Å². The molecule has 2 aromatic rings. The van der Waals surface area contributed by atoms with Crippen molar-refractivity contribution in [3.63, 3.8) is 0 Å². The van der Waals surface area contributed by atoms with Crippen LogP contribution < -0.4 is 4.74 Å². The van der Waals surface area contributed by atoms with Crippen LogP contribution in [-0.4, -0.2) is 30.0 Å². The van der Waals surface area contributed by atoms with Gasteiger partial charge in [0.25, 0.3) is 0 Å². The molecule has 2 aromatic carbocycles. The highest BCUT2D eigenvalue weighted by atomic mass is 19.1. The summed E-state index contributed by atoms with van der Waals surface area (Å²) < 4.78 is 31.8. The van der Waals surface area contributed by atoms with Crippen LogP contribution in [0.5, 0.6) is 5.75 Å². The van der Waals surface area contributed by atoms with Crippen molar-refractivity contribution in [3.05, 3.63) is 65.0 Å². The number of carbonyl (C=O) groups is 4. The van der Waals surface area contributed by atoms with Gasteiger partial charge in [0.2, 0.25) is 0 Å². The zero-order valence-electron chi connectivity index (χ0n) is 23.2. The maximum Gasteiger partial charge on any atom is 0.322 e. The number of hydrogen-bond acceptors (Lipinski definition) is 7. The highest BCUT2D eigenvalue weighted by molar-refractivity contribution is 6.01. The Balaban J connectivity index is 1.27. The molecular weight excluding hydrogens is 527 g/mol. The van der Waals surface area contributed by atoms with Crippen LogP contribution in [0, 0.1) is 23.6 Å². The van der Waals surface area contributed by atoms with Gasteiger partial charge in [-0.3, -0.25) is 19.2 Å². The van der Waals surface area contributed by atoms with Crippen molar-refractivity contribution < 1.29 is 37.8 Å². The largest absolute Gasteiger partial charge is 0.489 e. The molecule has 0 aromatic heterocycles. The number of unbranched alkanes of at least 4 members (excludes halogenated alkanes) is 2. The average molecular weight is 563 g/mol. The summed E-state index contributed by atoms with van der Waals surface area (Å²) in [5, 5.41) is 0. The second-order valence-corrected chi connectivity index (χ2v) is 12.0. The summed E-state index contributed by atoms with van der Waals surface area (Å²) in [6.45, 7) is 2.21. The normalized spacial score (nSPS) is 30.9. The van der Waals surface area contributed by atoms with Crippen molar-refractivity contribution in [2.45, 2.75) is 88.6 Å². The van der Waals surface area contributed by atoms with E-state index < -0.39 is 53.7 Å². The Morgan fingerprint density at radius 2 is 1.59 bits per heavy atom. The zero-order valence-corrected chi connectivity index (χ0v) is 23.2. The van der Waals surface area contributed by atoms with Crippen molar-refractivity contribution in [1.29, 1.82) is 0 Å². The second kappa shape index (κ2) is 11.4. The van der Waals surface area contributed by atoms with E-state index >= 15 is 4.39 Å². The lowest BCUT2D eigenvalue weighted by atomic mass is 9.65. The van der Waals surface area contributed by atoms with Gasteiger partial charge in [0, 0.05) is 12.0 Å². The predicted molar refractivity (Wildman–Crippen MR) is 145 cm³/mol. The lowest BCUT2D eigenvalue weighted by Crippen LogP contribution is -2.46. The first kappa shape index (κ1) is 27.6. The molecule has 5 unspecified atom stereocenters. The number of cyclic esters (lactones) is 4. The van der Waals surface area contributed by atoms with Crippen molar-refractivity contribution in [1.82, 2.24) is 0 Å². The van der Waals surface area contributed by atoms with Crippen molar-refractivity contribution >= 4 is 23.9 Å². The Kier molecular flexibility index (Phi) is 7.66. The molecule has 0 N–H and O–H groups in total. The summed E-state index contributed by atoms with van der Waals surface area (Å²) in [6, 6.07) is 11.8. The number of fused-ring (bicyclic) bond motifs is 3. The first-order chi connectivity index (χ1) is 19.9. The van der Waals surface area contributed by atoms with E-state index in [1.807, 2.05) is 0 Å². The van der Waals surface area contributed by atoms with E-state index in [1.54, 1.807) is 36.4 Å². The van der Waals surface area contributed by atoms with E-state index in [4.69, 9.17) is 14.2 Å². The molecule has 2 heterocycles. The first-order valence-electron chi connectivity index (χ1n) is 14.9. The van der Waals surface area contributed by atoms with Gasteiger partial charge in [0.05, 0.1) is 18.3 Å². The van der Waals surface area contributed by atoms with Crippen molar-refractivity contribution in [3.8, 4) is 5.75 Å². The van der Waals surface area contributed by atoms with E-state index in [0.29, 0.717) is 22.6 Å². The zero-order chi connectivity index (χ0) is 28.7. The minimum absolute atomic E-state index is 0.145. The molecule has 2 aliphatic carbocycles. The van der Waals surface area contributed by atoms with Gasteiger partial charge >= 0.3 is 23.9 Å². The monoisotopic (exact) mass is 562 g/mol. The summed E-state index contributed by atoms with van der Waals surface area (Å²) in [5.74, 6) is -5.75. The van der Waals surface area contributed by atoms with Gasteiger partial charge in [-0.15, -0.1) is 0 Å². The lowest BCUT2D eigenvalue weighted by Gasteiger charge is -2.40. The fourth-order valence-corrected chi connectivity index (χ4v) is 7.53. The molecule has 2 saturated heterocycles. The molecule has 0 spiro atoms. The van der Waals surface area contributed by atoms with Crippen molar-refractivity contribution in [2.24, 2.45) is 17.8 Å². The fourth-order valence-electron chi connectivity index (χ4n) is 7.53. The Hall–Kier alpha value is -3.55. The average Bonchev–Trinajstić information content (AvgIpc) is 3.45. The van der Waals surface area contributed by atoms with Crippen LogP contribution in [0.2, 0.25) is 0 Å². The highest BCUT2D eigenvalue weighted by Crippen LogP contribution is 2.52. The van der Waals surface area contributed by atoms with Crippen LogP contribution in [0.15, 0.2) is 42.5 Å². The van der Waals surface area contributed by atoms with Crippen molar-refractivity contribution in [2.75, 3.05) is 0 Å². The minimum atomic E-state index is -1.04. The van der Waals surface area contributed by atoms with Crippen LogP contribution in [0.4, 0.5) is 4.39 Å². The highest BCUT2D eigenvalue weighted by Gasteiger charge is 2.60. The Labute approximate surface area is 238 Å². The molecule has 0 radical (unpaired) electrons. The SMILES string of the molecule is CCCCCC1CCC(c2ccc(OC3C4C(=O)OC(=O)C4c4ccccc4C3C3CC(=O)OC3=O)cc2F)CC1. The molecule has 0 bridgehead atoms. The van der Waals surface area contributed by atoms with Gasteiger partial charge in [-0.1, -0.05) is 62.9 Å². The topological polar surface area (TPSA) is 96.0 Å². The van der Waals surface area contributed by atoms with E-state index in [2.05, 4.69) is 6.92 Å². The number of rotatable bonds is 8. The number of benzene rings is 2. The molecule has 8 heteroatoms. The van der Waals surface area contributed by atoms with Gasteiger partial charge < -0.3 is 14.2 Å². The number of hydrogen-bond donors (Lipinski definition) is 0. The fraction of sp³-hybridized carbons (Fsp3) is 0.515. The molecule has 216 valence electrons. The predicted octanol–water partition coefficient (Wildman–Crippen LogP) is 6.10. The molecule has 7 nitrogen and oxygen atoms in total. The van der Waals surface area contributed by atoms with Gasteiger partial charge in [0.15, 0.2) is 0 Å². The number of esters is 4. The van der Waals surface area contributed by atoms with Gasteiger partial charge in [0.1, 0.15) is 23.6 Å². The summed E-state index contributed by atoms with van der Waals surface area (Å²) in [6.07, 6.45) is 7.86. The molecular formula is C33H35FO7. The maximum atomic E-state index is 15.5. The summed E-state index contributed by atoms with van der Waals surface area (Å²) >= 11 is 0. The molecule has 6 rings (SSSR count). The number of carbonyl (C=O) groups excluding carboxylic acids is 4. The minimum Gasteiger partial charge on any atom is -0.489 e. The summed E-state index contributed by atoms with van der Waals surface area (Å²) in [7, 11) is 0. The standard InChI is InChI=1S/C33H35FO7/c1-2-3-4-7-18-10-12-19(13-11-18)21-15-14-20(16-25(21)34)39-30-27(24-17-26(35)40-31(24)36)22-8-5-6-9-23(22)28-29(30)33(38)41-32(28)37/h5-6,8-9,14-16,18-19,24,27-30H,2-4,7,10-13,17H2,1H3. The van der Waals surface area contributed by atoms with E-state index in [1.165, 1.54) is 31.7 Å². The molecule has 5 atom stereocenters. The van der Waals surface area contributed by atoms with E-state index in [9.17, 15) is 19.2 Å². The van der Waals surface area contributed by atoms with Crippen LogP contribution in [0.25, 0.3) is 0 Å². The first-order valence-corrected chi connectivity index (χ1v) is 14.9. The molecule has 3 fully saturated rings. The Morgan fingerprint density at radius 1 is 0.829 bits per heavy atom. The van der Waals surface area contributed by atoms with Crippen LogP contribution >= 0.6 is 0 Å². The molecule has 0 amide bonds. The summed E-state index contributed by atoms with van der Waals surface area (Å²) in [4.78, 5) is 50.6. The van der Waals surface area contributed by atoms with Crippen LogP contribution in [0.3, 0.4) is 0 Å². The quantitative estimate of drug-likeness (QED) is 0.218. The third-order valence-electron chi connectivity index (χ3n) is 9.57. The maximum absolute atomic E-state index is 15.5. The molecule has 2 aliphatic heterocycles. The number of halogens is 1. The third-order valence-corrected chi connectivity index (χ3v) is 9.57. The summed E-state index contributed by atoms with van der Waals surface area (Å²) in [5.41, 5.74) is 1.85. The molecule has 1 saturated carbocycles. The molecule has 4 aliphatic rings. The molecule has 41 heavy (non-hydrogen) atoms. The van der Waals surface area contributed by atoms with Gasteiger partial charge in [-0.05, 0) is 60.3 Å². The smallest absolute Gasteiger partial charge is 0.322 e. The Bertz CT molecular complexity index is 1360. The van der Waals surface area contributed by atoms with Gasteiger partial charge in [-0.2, -0.15) is 0 Å². The Morgan fingerprint density at radius 3 is 2.27 bits per heavy atom. The second-order valence-electron chi connectivity index (χ2n) is 12.0. The van der Waals surface area contributed by atoms with Gasteiger partial charge in [-0.25, -0.2) is 4.39 Å².